The summed E-state index contributed by atoms with van der Waals surface area (Å²) >= 11 is 0. The summed E-state index contributed by atoms with van der Waals surface area (Å²) < 4.78 is 25.8. The Hall–Kier alpha value is -2.02. The lowest BCUT2D eigenvalue weighted by Crippen LogP contribution is -2.41. The van der Waals surface area contributed by atoms with Gasteiger partial charge in [0.25, 0.3) is 11.8 Å². The van der Waals surface area contributed by atoms with E-state index in [9.17, 15) is 18.4 Å². The average molecular weight is 285 g/mol. The van der Waals surface area contributed by atoms with Crippen LogP contribution in [0.4, 0.5) is 8.78 Å². The van der Waals surface area contributed by atoms with Crippen LogP contribution in [0.3, 0.4) is 0 Å². The molecule has 0 radical (unpaired) electrons. The molecule has 4 N–H and O–H groups in total. The standard InChI is InChI=1S/C13H17F2N3O2/c1-9(19)17-6-10-2-4-11(5-3-10)12(20)18-8-13(14,15)7-16/h2-5H,6-8,16H2,1H3,(H,17,19)(H,18,20). The lowest BCUT2D eigenvalue weighted by Gasteiger charge is -2.14. The number of amides is 2. The van der Waals surface area contributed by atoms with Gasteiger partial charge in [0.15, 0.2) is 0 Å². The van der Waals surface area contributed by atoms with Crippen molar-refractivity contribution >= 4 is 11.8 Å². The van der Waals surface area contributed by atoms with Crippen LogP contribution in [0.1, 0.15) is 22.8 Å². The van der Waals surface area contributed by atoms with Crippen molar-refractivity contribution in [3.05, 3.63) is 35.4 Å². The molecule has 0 saturated heterocycles. The van der Waals surface area contributed by atoms with Crippen LogP contribution in [-0.2, 0) is 11.3 Å². The molecule has 0 spiro atoms. The van der Waals surface area contributed by atoms with E-state index in [2.05, 4.69) is 10.6 Å². The third kappa shape index (κ3) is 5.31. The van der Waals surface area contributed by atoms with Gasteiger partial charge in [-0.05, 0) is 17.7 Å². The zero-order valence-electron chi connectivity index (χ0n) is 11.1. The molecule has 0 unspecified atom stereocenters. The second-order valence-corrected chi connectivity index (χ2v) is 4.35. The van der Waals surface area contributed by atoms with E-state index in [4.69, 9.17) is 5.73 Å². The van der Waals surface area contributed by atoms with Gasteiger partial charge >= 0.3 is 0 Å². The van der Waals surface area contributed by atoms with Crippen molar-refractivity contribution in [3.63, 3.8) is 0 Å². The van der Waals surface area contributed by atoms with Crippen LogP contribution in [-0.4, -0.2) is 30.8 Å². The fraction of sp³-hybridized carbons (Fsp3) is 0.385. The molecule has 110 valence electrons. The second-order valence-electron chi connectivity index (χ2n) is 4.35. The molecule has 0 aliphatic rings. The molecule has 1 aromatic carbocycles. The molecule has 0 aliphatic carbocycles. The van der Waals surface area contributed by atoms with Gasteiger partial charge in [0.05, 0.1) is 13.1 Å². The van der Waals surface area contributed by atoms with Crippen LogP contribution in [0, 0.1) is 0 Å². The van der Waals surface area contributed by atoms with Gasteiger partial charge in [-0.25, -0.2) is 8.78 Å². The lowest BCUT2D eigenvalue weighted by atomic mass is 10.1. The highest BCUT2D eigenvalue weighted by Crippen LogP contribution is 2.10. The fourth-order valence-electron chi connectivity index (χ4n) is 1.38. The van der Waals surface area contributed by atoms with Gasteiger partial charge in [0.1, 0.15) is 0 Å². The van der Waals surface area contributed by atoms with Crippen molar-refractivity contribution in [3.8, 4) is 0 Å². The van der Waals surface area contributed by atoms with Crippen LogP contribution in [0.25, 0.3) is 0 Å². The summed E-state index contributed by atoms with van der Waals surface area (Å²) in [4.78, 5) is 22.4. The van der Waals surface area contributed by atoms with Crippen LogP contribution in [0.5, 0.6) is 0 Å². The van der Waals surface area contributed by atoms with Gasteiger partial charge in [0, 0.05) is 19.0 Å². The molecule has 0 bridgehead atoms. The van der Waals surface area contributed by atoms with Crippen molar-refractivity contribution in [2.45, 2.75) is 19.4 Å². The Labute approximate surface area is 115 Å². The number of alkyl halides is 2. The maximum Gasteiger partial charge on any atom is 0.277 e. The lowest BCUT2D eigenvalue weighted by molar-refractivity contribution is -0.119. The van der Waals surface area contributed by atoms with E-state index in [0.29, 0.717) is 6.54 Å². The first-order valence-electron chi connectivity index (χ1n) is 6.03. The number of carbonyl (C=O) groups is 2. The SMILES string of the molecule is CC(=O)NCc1ccc(C(=O)NCC(F)(F)CN)cc1. The summed E-state index contributed by atoms with van der Waals surface area (Å²) in [6.07, 6.45) is 0. The Morgan fingerprint density at radius 2 is 1.80 bits per heavy atom. The monoisotopic (exact) mass is 285 g/mol. The molecule has 0 aliphatic heterocycles. The zero-order valence-corrected chi connectivity index (χ0v) is 11.1. The summed E-state index contributed by atoms with van der Waals surface area (Å²) in [6.45, 7) is 0.140. The van der Waals surface area contributed by atoms with Crippen molar-refractivity contribution in [1.82, 2.24) is 10.6 Å². The number of carbonyl (C=O) groups excluding carboxylic acids is 2. The number of hydrogen-bond donors (Lipinski definition) is 3. The minimum atomic E-state index is -3.11. The predicted octanol–water partition coefficient (Wildman–Crippen LogP) is 0.646. The van der Waals surface area contributed by atoms with E-state index in [0.717, 1.165) is 5.56 Å². The topological polar surface area (TPSA) is 84.2 Å². The number of halogens is 2. The summed E-state index contributed by atoms with van der Waals surface area (Å²) in [5.41, 5.74) is 5.95. The Morgan fingerprint density at radius 1 is 1.20 bits per heavy atom. The van der Waals surface area contributed by atoms with Crippen molar-refractivity contribution < 1.29 is 18.4 Å². The highest BCUT2D eigenvalue weighted by molar-refractivity contribution is 5.94. The van der Waals surface area contributed by atoms with Gasteiger partial charge in [-0.15, -0.1) is 0 Å². The first-order chi connectivity index (χ1) is 9.34. The minimum absolute atomic E-state index is 0.157. The van der Waals surface area contributed by atoms with E-state index in [1.165, 1.54) is 19.1 Å². The summed E-state index contributed by atoms with van der Waals surface area (Å²) in [6, 6.07) is 6.30. The Bertz CT molecular complexity index is 475. The number of benzene rings is 1. The maximum atomic E-state index is 12.9. The van der Waals surface area contributed by atoms with Gasteiger partial charge in [-0.3, -0.25) is 9.59 Å². The molecule has 5 nitrogen and oxygen atoms in total. The van der Waals surface area contributed by atoms with Crippen molar-refractivity contribution in [1.29, 1.82) is 0 Å². The third-order valence-corrected chi connectivity index (χ3v) is 2.56. The van der Waals surface area contributed by atoms with Crippen LogP contribution >= 0.6 is 0 Å². The highest BCUT2D eigenvalue weighted by Gasteiger charge is 2.27. The van der Waals surface area contributed by atoms with Crippen molar-refractivity contribution in [2.75, 3.05) is 13.1 Å². The van der Waals surface area contributed by atoms with Crippen molar-refractivity contribution in [2.24, 2.45) is 5.73 Å². The first kappa shape index (κ1) is 16.0. The van der Waals surface area contributed by atoms with Gasteiger partial charge in [0.2, 0.25) is 5.91 Å². The van der Waals surface area contributed by atoms with Crippen LogP contribution in [0.15, 0.2) is 24.3 Å². The summed E-state index contributed by atoms with van der Waals surface area (Å²) in [5, 5.41) is 4.73. The summed E-state index contributed by atoms with van der Waals surface area (Å²) in [5.74, 6) is -3.86. The molecule has 0 fully saturated rings. The molecule has 0 atom stereocenters. The molecule has 0 saturated carbocycles. The molecule has 1 rings (SSSR count). The number of nitrogens with one attached hydrogen (secondary N) is 2. The number of rotatable bonds is 6. The molecular formula is C13H17F2N3O2. The van der Waals surface area contributed by atoms with Crippen LogP contribution < -0.4 is 16.4 Å². The molecule has 1 aromatic rings. The largest absolute Gasteiger partial charge is 0.352 e. The predicted molar refractivity (Wildman–Crippen MR) is 70.3 cm³/mol. The van der Waals surface area contributed by atoms with Gasteiger partial charge in [-0.2, -0.15) is 0 Å². The molecule has 0 aromatic heterocycles. The van der Waals surface area contributed by atoms with Gasteiger partial charge < -0.3 is 16.4 Å². The molecule has 2 amide bonds. The van der Waals surface area contributed by atoms with E-state index < -0.39 is 24.9 Å². The van der Waals surface area contributed by atoms with Gasteiger partial charge in [-0.1, -0.05) is 12.1 Å². The quantitative estimate of drug-likeness (QED) is 0.717. The smallest absolute Gasteiger partial charge is 0.277 e. The molecular weight excluding hydrogens is 268 g/mol. The summed E-state index contributed by atoms with van der Waals surface area (Å²) in [7, 11) is 0. The Kier molecular flexibility index (Phi) is 5.57. The Balaban J connectivity index is 2.55. The second kappa shape index (κ2) is 6.95. The molecule has 0 heterocycles. The minimum Gasteiger partial charge on any atom is -0.352 e. The normalized spacial score (nSPS) is 11.0. The highest BCUT2D eigenvalue weighted by atomic mass is 19.3. The fourth-order valence-corrected chi connectivity index (χ4v) is 1.38. The average Bonchev–Trinajstić information content (AvgIpc) is 2.43. The van der Waals surface area contributed by atoms with E-state index >= 15 is 0 Å². The van der Waals surface area contributed by atoms with E-state index in [1.807, 2.05) is 0 Å². The van der Waals surface area contributed by atoms with E-state index in [1.54, 1.807) is 12.1 Å². The maximum absolute atomic E-state index is 12.9. The Morgan fingerprint density at radius 3 is 2.30 bits per heavy atom. The van der Waals surface area contributed by atoms with Crippen LogP contribution in [0.2, 0.25) is 0 Å². The number of hydrogen-bond acceptors (Lipinski definition) is 3. The zero-order chi connectivity index (χ0) is 15.2. The molecule has 20 heavy (non-hydrogen) atoms. The number of nitrogens with two attached hydrogens (primary N) is 1. The van der Waals surface area contributed by atoms with E-state index in [-0.39, 0.29) is 11.5 Å². The third-order valence-electron chi connectivity index (χ3n) is 2.56. The first-order valence-corrected chi connectivity index (χ1v) is 6.03. The molecule has 7 heteroatoms.